The molecule has 0 aliphatic rings. The normalized spacial score (nSPS) is 10.3. The molecule has 0 radical (unpaired) electrons. The molecule has 3 heteroatoms. The molecule has 0 spiro atoms. The maximum Gasteiger partial charge on any atom is 0.127 e. The summed E-state index contributed by atoms with van der Waals surface area (Å²) >= 11 is 3.39. The number of methoxy groups -OCH3 is 1. The van der Waals surface area contributed by atoms with Crippen molar-refractivity contribution in [2.75, 3.05) is 7.11 Å². The van der Waals surface area contributed by atoms with Crippen molar-refractivity contribution in [2.24, 2.45) is 0 Å². The predicted molar refractivity (Wildman–Crippen MR) is 71.0 cm³/mol. The van der Waals surface area contributed by atoms with Crippen molar-refractivity contribution in [3.63, 3.8) is 0 Å². The zero-order valence-electron chi connectivity index (χ0n) is 9.41. The quantitative estimate of drug-likeness (QED) is 0.763. The Morgan fingerprint density at radius 1 is 1.06 bits per heavy atom. The van der Waals surface area contributed by atoms with E-state index in [9.17, 15) is 4.39 Å². The van der Waals surface area contributed by atoms with Crippen LogP contribution in [0.3, 0.4) is 0 Å². The molecule has 0 amide bonds. The van der Waals surface area contributed by atoms with Crippen LogP contribution in [-0.4, -0.2) is 7.11 Å². The molecule has 17 heavy (non-hydrogen) atoms. The van der Waals surface area contributed by atoms with Gasteiger partial charge in [-0.05, 0) is 28.8 Å². The molecule has 0 bridgehead atoms. The van der Waals surface area contributed by atoms with E-state index in [2.05, 4.69) is 15.9 Å². The molecule has 1 nitrogen and oxygen atoms in total. The maximum atomic E-state index is 13.4. The standard InChI is InChI=1S/C14H12BrFO/c1-17-14-7-12(6-13(16)8-14)11-4-2-10(9-15)3-5-11/h2-8H,9H2,1H3. The summed E-state index contributed by atoms with van der Waals surface area (Å²) in [6.07, 6.45) is 0. The zero-order valence-corrected chi connectivity index (χ0v) is 11.0. The second-order valence-electron chi connectivity index (χ2n) is 3.71. The lowest BCUT2D eigenvalue weighted by Crippen LogP contribution is -1.87. The van der Waals surface area contributed by atoms with Gasteiger partial charge in [0.1, 0.15) is 11.6 Å². The minimum Gasteiger partial charge on any atom is -0.497 e. The highest BCUT2D eigenvalue weighted by molar-refractivity contribution is 9.08. The molecule has 0 N–H and O–H groups in total. The first-order valence-corrected chi connectivity index (χ1v) is 6.35. The lowest BCUT2D eigenvalue weighted by Gasteiger charge is -2.06. The summed E-state index contributed by atoms with van der Waals surface area (Å²) in [6.45, 7) is 0. The average Bonchev–Trinajstić information content (AvgIpc) is 2.38. The smallest absolute Gasteiger partial charge is 0.127 e. The average molecular weight is 295 g/mol. The first-order valence-electron chi connectivity index (χ1n) is 5.23. The molecule has 88 valence electrons. The number of rotatable bonds is 3. The van der Waals surface area contributed by atoms with Crippen LogP contribution in [-0.2, 0) is 5.33 Å². The molecular formula is C14H12BrFO. The second-order valence-corrected chi connectivity index (χ2v) is 4.27. The largest absolute Gasteiger partial charge is 0.497 e. The van der Waals surface area contributed by atoms with Crippen LogP contribution in [0.2, 0.25) is 0 Å². The molecule has 0 fully saturated rings. The SMILES string of the molecule is COc1cc(F)cc(-c2ccc(CBr)cc2)c1. The Hall–Kier alpha value is -1.35. The number of hydrogen-bond donors (Lipinski definition) is 0. The topological polar surface area (TPSA) is 9.23 Å². The highest BCUT2D eigenvalue weighted by atomic mass is 79.9. The molecule has 0 aliphatic carbocycles. The summed E-state index contributed by atoms with van der Waals surface area (Å²) in [5.74, 6) is 0.244. The molecule has 2 rings (SSSR count). The highest BCUT2D eigenvalue weighted by Gasteiger charge is 2.03. The lowest BCUT2D eigenvalue weighted by atomic mass is 10.0. The van der Waals surface area contributed by atoms with E-state index in [1.165, 1.54) is 24.8 Å². The highest BCUT2D eigenvalue weighted by Crippen LogP contribution is 2.26. The van der Waals surface area contributed by atoms with Crippen molar-refractivity contribution in [3.8, 4) is 16.9 Å². The van der Waals surface area contributed by atoms with Crippen LogP contribution >= 0.6 is 15.9 Å². The van der Waals surface area contributed by atoms with Gasteiger partial charge in [-0.2, -0.15) is 0 Å². The van der Waals surface area contributed by atoms with Gasteiger partial charge < -0.3 is 4.74 Å². The Morgan fingerprint density at radius 2 is 1.76 bits per heavy atom. The molecule has 0 saturated heterocycles. The lowest BCUT2D eigenvalue weighted by molar-refractivity contribution is 0.411. The summed E-state index contributed by atoms with van der Waals surface area (Å²) in [4.78, 5) is 0. The van der Waals surface area contributed by atoms with Crippen molar-refractivity contribution in [3.05, 3.63) is 53.8 Å². The van der Waals surface area contributed by atoms with E-state index in [0.717, 1.165) is 16.5 Å². The van der Waals surface area contributed by atoms with Gasteiger partial charge in [0.2, 0.25) is 0 Å². The van der Waals surface area contributed by atoms with Gasteiger partial charge in [0.25, 0.3) is 0 Å². The van der Waals surface area contributed by atoms with E-state index < -0.39 is 0 Å². The van der Waals surface area contributed by atoms with Crippen LogP contribution in [0.1, 0.15) is 5.56 Å². The first-order chi connectivity index (χ1) is 8.22. The van der Waals surface area contributed by atoms with Gasteiger partial charge in [0.05, 0.1) is 7.11 Å². The van der Waals surface area contributed by atoms with Gasteiger partial charge in [-0.25, -0.2) is 4.39 Å². The molecule has 0 aromatic heterocycles. The molecular weight excluding hydrogens is 283 g/mol. The van der Waals surface area contributed by atoms with Crippen molar-refractivity contribution < 1.29 is 9.13 Å². The van der Waals surface area contributed by atoms with Crippen LogP contribution in [0.5, 0.6) is 5.75 Å². The van der Waals surface area contributed by atoms with Crippen LogP contribution < -0.4 is 4.74 Å². The minimum absolute atomic E-state index is 0.288. The second kappa shape index (κ2) is 5.32. The Labute approximate surface area is 108 Å². The van der Waals surface area contributed by atoms with E-state index in [-0.39, 0.29) is 5.82 Å². The third-order valence-electron chi connectivity index (χ3n) is 2.55. The summed E-state index contributed by atoms with van der Waals surface area (Å²) in [7, 11) is 1.53. The third kappa shape index (κ3) is 2.86. The minimum atomic E-state index is -0.288. The van der Waals surface area contributed by atoms with E-state index in [1.807, 2.05) is 30.3 Å². The van der Waals surface area contributed by atoms with Crippen LogP contribution in [0, 0.1) is 5.82 Å². The first kappa shape index (κ1) is 12.1. The number of hydrogen-bond acceptors (Lipinski definition) is 1. The van der Waals surface area contributed by atoms with Crippen LogP contribution in [0.25, 0.3) is 11.1 Å². The fourth-order valence-corrected chi connectivity index (χ4v) is 2.01. The third-order valence-corrected chi connectivity index (χ3v) is 3.20. The zero-order chi connectivity index (χ0) is 12.3. The predicted octanol–water partition coefficient (Wildman–Crippen LogP) is 4.40. The van der Waals surface area contributed by atoms with Gasteiger partial charge in [-0.1, -0.05) is 40.2 Å². The fraction of sp³-hybridized carbons (Fsp3) is 0.143. The maximum absolute atomic E-state index is 13.4. The number of ether oxygens (including phenoxy) is 1. The number of halogens is 2. The van der Waals surface area contributed by atoms with E-state index in [0.29, 0.717) is 5.75 Å². The number of alkyl halides is 1. The Bertz CT molecular complexity index is 508. The van der Waals surface area contributed by atoms with Crippen LogP contribution in [0.15, 0.2) is 42.5 Å². The summed E-state index contributed by atoms with van der Waals surface area (Å²) in [5, 5.41) is 0.819. The number of benzene rings is 2. The van der Waals surface area contributed by atoms with Gasteiger partial charge in [0, 0.05) is 11.4 Å². The van der Waals surface area contributed by atoms with Gasteiger partial charge in [-0.3, -0.25) is 0 Å². The summed E-state index contributed by atoms with van der Waals surface area (Å²) in [5.41, 5.74) is 2.99. The fourth-order valence-electron chi connectivity index (χ4n) is 1.63. The monoisotopic (exact) mass is 294 g/mol. The molecule has 2 aromatic rings. The summed E-state index contributed by atoms with van der Waals surface area (Å²) < 4.78 is 18.4. The Kier molecular flexibility index (Phi) is 3.79. The van der Waals surface area contributed by atoms with Gasteiger partial charge in [0.15, 0.2) is 0 Å². The summed E-state index contributed by atoms with van der Waals surface area (Å²) in [6, 6.07) is 12.7. The van der Waals surface area contributed by atoms with Gasteiger partial charge >= 0.3 is 0 Å². The van der Waals surface area contributed by atoms with Crippen molar-refractivity contribution in [1.82, 2.24) is 0 Å². The Morgan fingerprint density at radius 3 is 2.35 bits per heavy atom. The molecule has 0 heterocycles. The molecule has 0 unspecified atom stereocenters. The molecule has 0 atom stereocenters. The van der Waals surface area contributed by atoms with E-state index in [1.54, 1.807) is 0 Å². The van der Waals surface area contributed by atoms with Crippen LogP contribution in [0.4, 0.5) is 4.39 Å². The van der Waals surface area contributed by atoms with Crippen molar-refractivity contribution >= 4 is 15.9 Å². The van der Waals surface area contributed by atoms with Crippen molar-refractivity contribution in [1.29, 1.82) is 0 Å². The molecule has 0 aliphatic heterocycles. The molecule has 0 saturated carbocycles. The molecule has 2 aromatic carbocycles. The Balaban J connectivity index is 2.41. The van der Waals surface area contributed by atoms with E-state index >= 15 is 0 Å². The van der Waals surface area contributed by atoms with Gasteiger partial charge in [-0.15, -0.1) is 0 Å². The van der Waals surface area contributed by atoms with Crippen molar-refractivity contribution in [2.45, 2.75) is 5.33 Å². The van der Waals surface area contributed by atoms with E-state index in [4.69, 9.17) is 4.74 Å².